The van der Waals surface area contributed by atoms with E-state index in [2.05, 4.69) is 19.7 Å². The van der Waals surface area contributed by atoms with Gasteiger partial charge < -0.3 is 10.0 Å². The molecule has 0 aliphatic carbocycles. The average Bonchev–Trinajstić information content (AvgIpc) is 2.85. The van der Waals surface area contributed by atoms with E-state index < -0.39 is 5.97 Å². The van der Waals surface area contributed by atoms with Crippen LogP contribution in [0.4, 0.5) is 5.13 Å². The van der Waals surface area contributed by atoms with Crippen LogP contribution < -0.4 is 4.90 Å². The van der Waals surface area contributed by atoms with Crippen molar-refractivity contribution >= 4 is 22.6 Å². The Morgan fingerprint density at radius 1 is 1.67 bits per heavy atom. The summed E-state index contributed by atoms with van der Waals surface area (Å²) in [5.74, 6) is -0.739. The molecule has 1 aromatic rings. The highest BCUT2D eigenvalue weighted by atomic mass is 32.1. The minimum Gasteiger partial charge on any atom is -0.481 e. The zero-order chi connectivity index (χ0) is 10.7. The van der Waals surface area contributed by atoms with Gasteiger partial charge in [-0.05, 0) is 24.5 Å². The predicted octanol–water partition coefficient (Wildman–Crippen LogP) is 0.767. The SMILES string of the molecule is O=C(O)CCC1CCCN1c1nnns1. The highest BCUT2D eigenvalue weighted by Crippen LogP contribution is 2.27. The second-order valence-corrected chi connectivity index (χ2v) is 4.28. The Kier molecular flexibility index (Phi) is 3.10. The first-order valence-corrected chi connectivity index (χ1v) is 5.68. The van der Waals surface area contributed by atoms with Crippen LogP contribution in [0, 0.1) is 0 Å². The highest BCUT2D eigenvalue weighted by molar-refractivity contribution is 7.09. The summed E-state index contributed by atoms with van der Waals surface area (Å²) < 4.78 is 3.72. The van der Waals surface area contributed by atoms with E-state index in [1.165, 1.54) is 11.5 Å². The van der Waals surface area contributed by atoms with Gasteiger partial charge in [-0.2, -0.15) is 0 Å². The third-order valence-electron chi connectivity index (χ3n) is 2.60. The molecule has 15 heavy (non-hydrogen) atoms. The Labute approximate surface area is 91.1 Å². The van der Waals surface area contributed by atoms with E-state index >= 15 is 0 Å². The van der Waals surface area contributed by atoms with E-state index in [0.29, 0.717) is 6.42 Å². The molecule has 0 bridgehead atoms. The number of hydrogen-bond donors (Lipinski definition) is 1. The van der Waals surface area contributed by atoms with E-state index in [4.69, 9.17) is 5.11 Å². The van der Waals surface area contributed by atoms with Crippen molar-refractivity contribution in [2.75, 3.05) is 11.4 Å². The summed E-state index contributed by atoms with van der Waals surface area (Å²) in [7, 11) is 0. The minimum absolute atomic E-state index is 0.216. The summed E-state index contributed by atoms with van der Waals surface area (Å²) >= 11 is 1.26. The summed E-state index contributed by atoms with van der Waals surface area (Å²) in [6.07, 6.45) is 3.01. The second-order valence-electron chi connectivity index (χ2n) is 3.57. The Balaban J connectivity index is 1.96. The van der Waals surface area contributed by atoms with Crippen LogP contribution in [0.5, 0.6) is 0 Å². The van der Waals surface area contributed by atoms with Gasteiger partial charge in [-0.25, -0.2) is 0 Å². The highest BCUT2D eigenvalue weighted by Gasteiger charge is 2.27. The topological polar surface area (TPSA) is 79.2 Å². The van der Waals surface area contributed by atoms with Gasteiger partial charge in [0.1, 0.15) is 0 Å². The summed E-state index contributed by atoms with van der Waals surface area (Å²) in [5.41, 5.74) is 0. The van der Waals surface area contributed by atoms with E-state index in [1.807, 2.05) is 0 Å². The number of hydrogen-bond acceptors (Lipinski definition) is 6. The Bertz CT molecular complexity index is 329. The zero-order valence-corrected chi connectivity index (χ0v) is 8.98. The monoisotopic (exact) mass is 228 g/mol. The molecular weight excluding hydrogens is 216 g/mol. The van der Waals surface area contributed by atoms with Crippen LogP contribution in [0.25, 0.3) is 0 Å². The lowest BCUT2D eigenvalue weighted by molar-refractivity contribution is -0.137. The first kappa shape index (κ1) is 10.3. The van der Waals surface area contributed by atoms with E-state index in [0.717, 1.165) is 24.5 Å². The Morgan fingerprint density at radius 2 is 2.53 bits per heavy atom. The minimum atomic E-state index is -0.739. The normalized spacial score (nSPS) is 20.8. The Hall–Kier alpha value is -1.24. The van der Waals surface area contributed by atoms with Crippen molar-refractivity contribution in [2.45, 2.75) is 31.7 Å². The first-order chi connectivity index (χ1) is 7.27. The van der Waals surface area contributed by atoms with Gasteiger partial charge in [-0.1, -0.05) is 9.59 Å². The maximum atomic E-state index is 10.5. The van der Waals surface area contributed by atoms with Crippen LogP contribution in [0.2, 0.25) is 0 Å². The van der Waals surface area contributed by atoms with E-state index in [9.17, 15) is 4.79 Å². The molecule has 0 amide bonds. The fourth-order valence-electron chi connectivity index (χ4n) is 1.92. The van der Waals surface area contributed by atoms with Crippen molar-refractivity contribution in [2.24, 2.45) is 0 Å². The molecule has 0 radical (unpaired) electrons. The molecule has 7 heteroatoms. The lowest BCUT2D eigenvalue weighted by atomic mass is 10.1. The quantitative estimate of drug-likeness (QED) is 0.819. The fraction of sp³-hybridized carbons (Fsp3) is 0.750. The van der Waals surface area contributed by atoms with Crippen LogP contribution >= 0.6 is 11.5 Å². The summed E-state index contributed by atoms with van der Waals surface area (Å²) in [6, 6.07) is 0.288. The third kappa shape index (κ3) is 2.41. The molecule has 6 nitrogen and oxygen atoms in total. The van der Waals surface area contributed by atoms with Crippen molar-refractivity contribution in [3.8, 4) is 0 Å². The molecule has 0 spiro atoms. The van der Waals surface area contributed by atoms with Gasteiger partial charge in [0.25, 0.3) is 0 Å². The average molecular weight is 228 g/mol. The molecule has 1 aromatic heterocycles. The third-order valence-corrected chi connectivity index (χ3v) is 3.24. The molecule has 0 saturated carbocycles. The number of aromatic nitrogens is 3. The number of aliphatic carboxylic acids is 1. The van der Waals surface area contributed by atoms with Gasteiger partial charge in [0.05, 0.1) is 0 Å². The zero-order valence-electron chi connectivity index (χ0n) is 8.17. The van der Waals surface area contributed by atoms with Crippen LogP contribution in [0.15, 0.2) is 0 Å². The smallest absolute Gasteiger partial charge is 0.303 e. The van der Waals surface area contributed by atoms with Gasteiger partial charge in [-0.15, -0.1) is 0 Å². The van der Waals surface area contributed by atoms with Crippen LogP contribution in [0.3, 0.4) is 0 Å². The number of carboxylic acids is 1. The molecule has 1 saturated heterocycles. The van der Waals surface area contributed by atoms with Gasteiger partial charge in [0.2, 0.25) is 5.13 Å². The van der Waals surface area contributed by atoms with Crippen LogP contribution in [0.1, 0.15) is 25.7 Å². The van der Waals surface area contributed by atoms with Crippen molar-refractivity contribution in [3.05, 3.63) is 0 Å². The van der Waals surface area contributed by atoms with Crippen LogP contribution in [-0.4, -0.2) is 38.5 Å². The lowest BCUT2D eigenvalue weighted by Crippen LogP contribution is -2.29. The lowest BCUT2D eigenvalue weighted by Gasteiger charge is -2.22. The van der Waals surface area contributed by atoms with Crippen molar-refractivity contribution in [1.29, 1.82) is 0 Å². The van der Waals surface area contributed by atoms with Crippen molar-refractivity contribution in [1.82, 2.24) is 14.8 Å². The molecule has 1 aliphatic rings. The Morgan fingerprint density at radius 3 is 3.20 bits per heavy atom. The molecule has 0 aromatic carbocycles. The molecule has 1 atom stereocenters. The number of anilines is 1. The molecule has 82 valence electrons. The number of carboxylic acid groups (broad SMARTS) is 1. The summed E-state index contributed by atoms with van der Waals surface area (Å²) in [4.78, 5) is 12.6. The first-order valence-electron chi connectivity index (χ1n) is 4.91. The maximum absolute atomic E-state index is 10.5. The van der Waals surface area contributed by atoms with Gasteiger partial charge in [0.15, 0.2) is 0 Å². The predicted molar refractivity (Wildman–Crippen MR) is 54.9 cm³/mol. The molecule has 2 heterocycles. The largest absolute Gasteiger partial charge is 0.481 e. The summed E-state index contributed by atoms with van der Waals surface area (Å²) in [6.45, 7) is 0.932. The fourth-order valence-corrected chi connectivity index (χ4v) is 2.48. The van der Waals surface area contributed by atoms with Crippen molar-refractivity contribution in [3.63, 3.8) is 0 Å². The standard InChI is InChI=1S/C8H12N4O2S/c13-7(14)4-3-6-2-1-5-12(6)8-9-10-11-15-8/h6H,1-5H2,(H,13,14). The number of rotatable bonds is 4. The molecule has 1 N–H and O–H groups in total. The van der Waals surface area contributed by atoms with Gasteiger partial charge in [0, 0.05) is 30.5 Å². The maximum Gasteiger partial charge on any atom is 0.303 e. The summed E-state index contributed by atoms with van der Waals surface area (Å²) in [5, 5.41) is 16.9. The van der Waals surface area contributed by atoms with Gasteiger partial charge in [-0.3, -0.25) is 4.79 Å². The van der Waals surface area contributed by atoms with Crippen molar-refractivity contribution < 1.29 is 9.90 Å². The molecule has 1 aliphatic heterocycles. The molecule has 2 rings (SSSR count). The van der Waals surface area contributed by atoms with Crippen LogP contribution in [-0.2, 0) is 4.79 Å². The molecule has 1 unspecified atom stereocenters. The number of nitrogens with zero attached hydrogens (tertiary/aromatic N) is 4. The van der Waals surface area contributed by atoms with E-state index in [-0.39, 0.29) is 12.5 Å². The molecule has 1 fully saturated rings. The van der Waals surface area contributed by atoms with E-state index in [1.54, 1.807) is 0 Å². The van der Waals surface area contributed by atoms with Gasteiger partial charge >= 0.3 is 5.97 Å². The number of carbonyl (C=O) groups is 1. The molecular formula is C8H12N4O2S. The second kappa shape index (κ2) is 4.52.